The molecule has 0 amide bonds. The largest absolute Gasteiger partial charge is 0.495 e. The van der Waals surface area contributed by atoms with Gasteiger partial charge in [0.25, 0.3) is 0 Å². The van der Waals surface area contributed by atoms with Crippen molar-refractivity contribution in [1.82, 2.24) is 9.78 Å². The van der Waals surface area contributed by atoms with Gasteiger partial charge in [-0.3, -0.25) is 0 Å². The molecule has 2 N–H and O–H groups in total. The molecular weight excluding hydrogens is 250 g/mol. The van der Waals surface area contributed by atoms with E-state index in [2.05, 4.69) is 11.2 Å². The molecule has 4 nitrogen and oxygen atoms in total. The predicted octanol–water partition coefficient (Wildman–Crippen LogP) is 3.13. The Morgan fingerprint density at radius 3 is 2.65 bits per heavy atom. The molecule has 3 rings (SSSR count). The van der Waals surface area contributed by atoms with Crippen LogP contribution < -0.4 is 10.5 Å². The van der Waals surface area contributed by atoms with E-state index in [1.165, 1.54) is 0 Å². The Bertz CT molecular complexity index is 720. The molecule has 0 fully saturated rings. The summed E-state index contributed by atoms with van der Waals surface area (Å²) in [7, 11) is 1.61. The number of nitrogen functional groups attached to an aromatic ring is 1. The molecular formula is C16H15N3O. The fourth-order valence-electron chi connectivity index (χ4n) is 2.23. The third kappa shape index (κ3) is 2.12. The van der Waals surface area contributed by atoms with Crippen LogP contribution >= 0.6 is 0 Å². The van der Waals surface area contributed by atoms with Crippen LogP contribution in [0.5, 0.6) is 5.75 Å². The van der Waals surface area contributed by atoms with E-state index in [9.17, 15) is 0 Å². The van der Waals surface area contributed by atoms with Crippen molar-refractivity contribution >= 4 is 5.69 Å². The van der Waals surface area contributed by atoms with Gasteiger partial charge in [0.05, 0.1) is 18.5 Å². The van der Waals surface area contributed by atoms with Gasteiger partial charge in [-0.05, 0) is 29.8 Å². The molecule has 0 bridgehead atoms. The van der Waals surface area contributed by atoms with Crippen molar-refractivity contribution in [2.24, 2.45) is 0 Å². The Labute approximate surface area is 117 Å². The van der Waals surface area contributed by atoms with Gasteiger partial charge in [-0.25, -0.2) is 4.68 Å². The quantitative estimate of drug-likeness (QED) is 0.740. The lowest BCUT2D eigenvalue weighted by Gasteiger charge is -2.11. The molecule has 4 heteroatoms. The van der Waals surface area contributed by atoms with Crippen LogP contribution in [0.25, 0.3) is 16.8 Å². The number of methoxy groups -OCH3 is 1. The average Bonchev–Trinajstić information content (AvgIpc) is 3.01. The molecule has 0 aliphatic carbocycles. The van der Waals surface area contributed by atoms with Crippen molar-refractivity contribution in [1.29, 1.82) is 0 Å². The summed E-state index contributed by atoms with van der Waals surface area (Å²) < 4.78 is 7.04. The first-order valence-corrected chi connectivity index (χ1v) is 6.32. The SMILES string of the molecule is COc1ccc(-c2ccccc2-n2cccn2)cc1N. The fourth-order valence-corrected chi connectivity index (χ4v) is 2.23. The minimum Gasteiger partial charge on any atom is -0.495 e. The Morgan fingerprint density at radius 2 is 1.95 bits per heavy atom. The van der Waals surface area contributed by atoms with Crippen LogP contribution in [0.15, 0.2) is 60.9 Å². The lowest BCUT2D eigenvalue weighted by Crippen LogP contribution is -1.98. The van der Waals surface area contributed by atoms with E-state index >= 15 is 0 Å². The first-order chi connectivity index (χ1) is 9.79. The Morgan fingerprint density at radius 1 is 1.10 bits per heavy atom. The van der Waals surface area contributed by atoms with Crippen molar-refractivity contribution in [2.75, 3.05) is 12.8 Å². The molecule has 0 saturated heterocycles. The van der Waals surface area contributed by atoms with E-state index < -0.39 is 0 Å². The Kier molecular flexibility index (Phi) is 3.13. The summed E-state index contributed by atoms with van der Waals surface area (Å²) in [6.07, 6.45) is 3.69. The van der Waals surface area contributed by atoms with Crippen LogP contribution in [0.4, 0.5) is 5.69 Å². The number of benzene rings is 2. The van der Waals surface area contributed by atoms with Gasteiger partial charge >= 0.3 is 0 Å². The summed E-state index contributed by atoms with van der Waals surface area (Å²) in [5.41, 5.74) is 9.74. The Balaban J connectivity index is 2.13. The lowest BCUT2D eigenvalue weighted by atomic mass is 10.0. The molecule has 0 saturated carbocycles. The van der Waals surface area contributed by atoms with Gasteiger partial charge in [0.15, 0.2) is 0 Å². The van der Waals surface area contributed by atoms with Gasteiger partial charge in [0, 0.05) is 18.0 Å². The molecule has 0 unspecified atom stereocenters. The van der Waals surface area contributed by atoms with E-state index in [0.717, 1.165) is 16.8 Å². The first-order valence-electron chi connectivity index (χ1n) is 6.32. The van der Waals surface area contributed by atoms with Crippen LogP contribution in [0, 0.1) is 0 Å². The van der Waals surface area contributed by atoms with E-state index in [-0.39, 0.29) is 0 Å². The second kappa shape index (κ2) is 5.09. The van der Waals surface area contributed by atoms with Gasteiger partial charge in [-0.1, -0.05) is 24.3 Å². The van der Waals surface area contributed by atoms with Gasteiger partial charge in [0.1, 0.15) is 5.75 Å². The molecule has 0 atom stereocenters. The van der Waals surface area contributed by atoms with Crippen LogP contribution in [0.3, 0.4) is 0 Å². The maximum Gasteiger partial charge on any atom is 0.141 e. The smallest absolute Gasteiger partial charge is 0.141 e. The zero-order chi connectivity index (χ0) is 13.9. The van der Waals surface area contributed by atoms with Crippen LogP contribution in [-0.4, -0.2) is 16.9 Å². The number of hydrogen-bond acceptors (Lipinski definition) is 3. The number of ether oxygens (including phenoxy) is 1. The van der Waals surface area contributed by atoms with Crippen molar-refractivity contribution in [3.05, 3.63) is 60.9 Å². The van der Waals surface area contributed by atoms with Crippen molar-refractivity contribution < 1.29 is 4.74 Å². The zero-order valence-corrected chi connectivity index (χ0v) is 11.2. The highest BCUT2D eigenvalue weighted by Gasteiger charge is 2.08. The molecule has 1 aromatic heterocycles. The molecule has 0 aliphatic heterocycles. The maximum absolute atomic E-state index is 5.99. The first kappa shape index (κ1) is 12.3. The van der Waals surface area contributed by atoms with Crippen molar-refractivity contribution in [2.45, 2.75) is 0 Å². The average molecular weight is 265 g/mol. The van der Waals surface area contributed by atoms with E-state index in [1.807, 2.05) is 53.3 Å². The molecule has 0 radical (unpaired) electrons. The maximum atomic E-state index is 5.99. The number of para-hydroxylation sites is 1. The van der Waals surface area contributed by atoms with Crippen molar-refractivity contribution in [3.63, 3.8) is 0 Å². The third-order valence-corrected chi connectivity index (χ3v) is 3.20. The van der Waals surface area contributed by atoms with Crippen LogP contribution in [-0.2, 0) is 0 Å². The number of nitrogens with zero attached hydrogens (tertiary/aromatic N) is 2. The predicted molar refractivity (Wildman–Crippen MR) is 80.0 cm³/mol. The topological polar surface area (TPSA) is 53.1 Å². The standard InChI is InChI=1S/C16H15N3O/c1-20-16-8-7-12(11-14(16)17)13-5-2-3-6-15(13)19-10-4-9-18-19/h2-11H,17H2,1H3. The van der Waals surface area contributed by atoms with Gasteiger partial charge in [-0.2, -0.15) is 5.10 Å². The minimum absolute atomic E-state index is 0.625. The normalized spacial score (nSPS) is 10.4. The van der Waals surface area contributed by atoms with E-state index in [4.69, 9.17) is 10.5 Å². The lowest BCUT2D eigenvalue weighted by molar-refractivity contribution is 0.417. The molecule has 2 aromatic carbocycles. The summed E-state index contributed by atoms with van der Waals surface area (Å²) in [4.78, 5) is 0. The zero-order valence-electron chi connectivity index (χ0n) is 11.2. The van der Waals surface area contributed by atoms with Crippen LogP contribution in [0.2, 0.25) is 0 Å². The third-order valence-electron chi connectivity index (χ3n) is 3.20. The second-order valence-electron chi connectivity index (χ2n) is 4.42. The summed E-state index contributed by atoms with van der Waals surface area (Å²) in [6, 6.07) is 15.8. The monoisotopic (exact) mass is 265 g/mol. The number of rotatable bonds is 3. The summed E-state index contributed by atoms with van der Waals surface area (Å²) in [5.74, 6) is 0.685. The van der Waals surface area contributed by atoms with E-state index in [0.29, 0.717) is 11.4 Å². The molecule has 100 valence electrons. The molecule has 20 heavy (non-hydrogen) atoms. The van der Waals surface area contributed by atoms with E-state index in [1.54, 1.807) is 13.3 Å². The highest BCUT2D eigenvalue weighted by molar-refractivity contribution is 5.76. The molecule has 0 aliphatic rings. The summed E-state index contributed by atoms with van der Waals surface area (Å²) in [5, 5.41) is 4.29. The number of anilines is 1. The number of nitrogens with two attached hydrogens (primary N) is 1. The minimum atomic E-state index is 0.625. The van der Waals surface area contributed by atoms with Crippen molar-refractivity contribution in [3.8, 4) is 22.6 Å². The summed E-state index contributed by atoms with van der Waals surface area (Å²) in [6.45, 7) is 0. The summed E-state index contributed by atoms with van der Waals surface area (Å²) >= 11 is 0. The number of aromatic nitrogens is 2. The van der Waals surface area contributed by atoms with Gasteiger partial charge in [0.2, 0.25) is 0 Å². The second-order valence-corrected chi connectivity index (χ2v) is 4.42. The molecule has 3 aromatic rings. The highest BCUT2D eigenvalue weighted by atomic mass is 16.5. The Hall–Kier alpha value is -2.75. The number of hydrogen-bond donors (Lipinski definition) is 1. The molecule has 0 spiro atoms. The van der Waals surface area contributed by atoms with Gasteiger partial charge < -0.3 is 10.5 Å². The fraction of sp³-hybridized carbons (Fsp3) is 0.0625. The molecule has 1 heterocycles. The van der Waals surface area contributed by atoms with Crippen LogP contribution in [0.1, 0.15) is 0 Å². The van der Waals surface area contributed by atoms with Gasteiger partial charge in [-0.15, -0.1) is 0 Å². The highest BCUT2D eigenvalue weighted by Crippen LogP contribution is 2.31.